The zero-order valence-electron chi connectivity index (χ0n) is 8.42. The molecular weight excluding hydrogens is 183 g/mol. The zero-order chi connectivity index (χ0) is 10.6. The minimum atomic E-state index is -0.519. The number of aliphatic hydroxyl groups excluding tert-OH is 1. The first kappa shape index (κ1) is 10.9. The Morgan fingerprint density at radius 2 is 2.36 bits per heavy atom. The molecule has 0 fully saturated rings. The van der Waals surface area contributed by atoms with Gasteiger partial charge >= 0.3 is 0 Å². The molecule has 0 aliphatic heterocycles. The fourth-order valence-electron chi connectivity index (χ4n) is 1.00. The third-order valence-electron chi connectivity index (χ3n) is 2.31. The molecule has 0 radical (unpaired) electrons. The largest absolute Gasteiger partial charge is 0.394 e. The topological polar surface area (TPSA) is 45.1 Å². The van der Waals surface area contributed by atoms with Gasteiger partial charge in [0.1, 0.15) is 0 Å². The monoisotopic (exact) mass is 198 g/mol. The van der Waals surface area contributed by atoms with Gasteiger partial charge in [-0.15, -0.1) is 0 Å². The van der Waals surface area contributed by atoms with Crippen molar-refractivity contribution in [1.82, 2.24) is 4.98 Å². The second-order valence-electron chi connectivity index (χ2n) is 3.53. The third-order valence-corrected chi connectivity index (χ3v) is 2.31. The first-order valence-corrected chi connectivity index (χ1v) is 4.61. The fourth-order valence-corrected chi connectivity index (χ4v) is 1.00. The van der Waals surface area contributed by atoms with E-state index in [0.717, 1.165) is 0 Å². The predicted octanol–water partition coefficient (Wildman–Crippen LogP) is 1.79. The van der Waals surface area contributed by atoms with Gasteiger partial charge in [0.15, 0.2) is 11.6 Å². The first-order chi connectivity index (χ1) is 6.61. The lowest BCUT2D eigenvalue weighted by Crippen LogP contribution is -2.38. The number of nitrogens with zero attached hydrogens (tertiary/aromatic N) is 1. The van der Waals surface area contributed by atoms with Gasteiger partial charge in [0.2, 0.25) is 0 Å². The minimum absolute atomic E-state index is 0.0560. The van der Waals surface area contributed by atoms with Crippen molar-refractivity contribution in [2.24, 2.45) is 0 Å². The molecule has 1 unspecified atom stereocenters. The molecular formula is C10H15FN2O. The van der Waals surface area contributed by atoms with Crippen molar-refractivity contribution in [3.63, 3.8) is 0 Å². The van der Waals surface area contributed by atoms with Gasteiger partial charge in [-0.1, -0.05) is 6.92 Å². The highest BCUT2D eigenvalue weighted by Gasteiger charge is 2.22. The van der Waals surface area contributed by atoms with E-state index in [2.05, 4.69) is 10.3 Å². The summed E-state index contributed by atoms with van der Waals surface area (Å²) in [6, 6.07) is 2.87. The number of nitrogens with one attached hydrogen (secondary N) is 1. The fraction of sp³-hybridized carbons (Fsp3) is 0.500. The SMILES string of the molecule is CCC(C)(CO)Nc1ncccc1F. The number of pyridine rings is 1. The molecule has 0 amide bonds. The third kappa shape index (κ3) is 2.42. The predicted molar refractivity (Wildman–Crippen MR) is 53.6 cm³/mol. The van der Waals surface area contributed by atoms with Crippen LogP contribution >= 0.6 is 0 Å². The number of rotatable bonds is 4. The summed E-state index contributed by atoms with van der Waals surface area (Å²) in [5, 5.41) is 12.0. The van der Waals surface area contributed by atoms with E-state index in [0.29, 0.717) is 6.42 Å². The van der Waals surface area contributed by atoms with Crippen LogP contribution in [-0.2, 0) is 0 Å². The van der Waals surface area contributed by atoms with Crippen molar-refractivity contribution in [3.8, 4) is 0 Å². The van der Waals surface area contributed by atoms with E-state index in [9.17, 15) is 4.39 Å². The van der Waals surface area contributed by atoms with E-state index in [1.165, 1.54) is 18.3 Å². The summed E-state index contributed by atoms with van der Waals surface area (Å²) in [4.78, 5) is 3.86. The van der Waals surface area contributed by atoms with Crippen molar-refractivity contribution < 1.29 is 9.50 Å². The summed E-state index contributed by atoms with van der Waals surface area (Å²) < 4.78 is 13.2. The van der Waals surface area contributed by atoms with Crippen LogP contribution in [0.5, 0.6) is 0 Å². The molecule has 3 nitrogen and oxygen atoms in total. The van der Waals surface area contributed by atoms with Crippen molar-refractivity contribution in [1.29, 1.82) is 0 Å². The molecule has 1 aromatic heterocycles. The number of aromatic nitrogens is 1. The van der Waals surface area contributed by atoms with Crippen LogP contribution in [0, 0.1) is 5.82 Å². The van der Waals surface area contributed by atoms with Crippen molar-refractivity contribution in [2.75, 3.05) is 11.9 Å². The van der Waals surface area contributed by atoms with Crippen molar-refractivity contribution in [2.45, 2.75) is 25.8 Å². The summed E-state index contributed by atoms with van der Waals surface area (Å²) >= 11 is 0. The molecule has 0 aliphatic rings. The molecule has 1 aromatic rings. The van der Waals surface area contributed by atoms with E-state index in [-0.39, 0.29) is 12.4 Å². The van der Waals surface area contributed by atoms with Crippen molar-refractivity contribution >= 4 is 5.82 Å². The minimum Gasteiger partial charge on any atom is -0.394 e. The average molecular weight is 198 g/mol. The molecule has 78 valence electrons. The Balaban J connectivity index is 2.82. The standard InChI is InChI=1S/C10H15FN2O/c1-3-10(2,7-14)13-9-8(11)5-4-6-12-9/h4-6,14H,3,7H2,1-2H3,(H,12,13). The van der Waals surface area contributed by atoms with Gasteiger partial charge in [0.05, 0.1) is 12.1 Å². The molecule has 1 atom stereocenters. The van der Waals surface area contributed by atoms with Crippen LogP contribution in [0.4, 0.5) is 10.2 Å². The lowest BCUT2D eigenvalue weighted by atomic mass is 10.0. The number of hydrogen-bond acceptors (Lipinski definition) is 3. The number of hydrogen-bond donors (Lipinski definition) is 2. The molecule has 0 spiro atoms. The average Bonchev–Trinajstić information content (AvgIpc) is 2.21. The van der Waals surface area contributed by atoms with Gasteiger partial charge in [-0.2, -0.15) is 0 Å². The van der Waals surface area contributed by atoms with E-state index >= 15 is 0 Å². The van der Waals surface area contributed by atoms with Gasteiger partial charge in [-0.05, 0) is 25.5 Å². The van der Waals surface area contributed by atoms with Gasteiger partial charge in [-0.3, -0.25) is 0 Å². The molecule has 0 bridgehead atoms. The first-order valence-electron chi connectivity index (χ1n) is 4.61. The Morgan fingerprint density at radius 3 is 2.86 bits per heavy atom. The highest BCUT2D eigenvalue weighted by Crippen LogP contribution is 2.18. The van der Waals surface area contributed by atoms with Gasteiger partial charge in [0, 0.05) is 6.20 Å². The Hall–Kier alpha value is -1.16. The number of aliphatic hydroxyl groups is 1. The van der Waals surface area contributed by atoms with Crippen LogP contribution in [0.2, 0.25) is 0 Å². The number of anilines is 1. The summed E-state index contributed by atoms with van der Waals surface area (Å²) in [7, 11) is 0. The van der Waals surface area contributed by atoms with Crippen LogP contribution in [0.15, 0.2) is 18.3 Å². The molecule has 14 heavy (non-hydrogen) atoms. The van der Waals surface area contributed by atoms with Crippen LogP contribution < -0.4 is 5.32 Å². The molecule has 0 saturated heterocycles. The maximum atomic E-state index is 13.2. The normalized spacial score (nSPS) is 14.9. The van der Waals surface area contributed by atoms with E-state index in [1.54, 1.807) is 0 Å². The quantitative estimate of drug-likeness (QED) is 0.775. The maximum absolute atomic E-state index is 13.2. The molecule has 1 heterocycles. The summed E-state index contributed by atoms with van der Waals surface area (Å²) in [6.45, 7) is 3.69. The highest BCUT2D eigenvalue weighted by molar-refractivity contribution is 5.38. The van der Waals surface area contributed by atoms with Gasteiger partial charge in [-0.25, -0.2) is 9.37 Å². The number of halogens is 1. The summed E-state index contributed by atoms with van der Waals surface area (Å²) in [6.07, 6.45) is 2.21. The lowest BCUT2D eigenvalue weighted by molar-refractivity contribution is 0.218. The van der Waals surface area contributed by atoms with Crippen LogP contribution in [0.3, 0.4) is 0 Å². The van der Waals surface area contributed by atoms with Crippen LogP contribution in [0.1, 0.15) is 20.3 Å². The molecule has 2 N–H and O–H groups in total. The van der Waals surface area contributed by atoms with E-state index in [1.807, 2.05) is 13.8 Å². The molecule has 1 rings (SSSR count). The zero-order valence-corrected chi connectivity index (χ0v) is 8.42. The Bertz CT molecular complexity index is 300. The highest BCUT2D eigenvalue weighted by atomic mass is 19.1. The Kier molecular flexibility index (Phi) is 3.41. The van der Waals surface area contributed by atoms with Crippen molar-refractivity contribution in [3.05, 3.63) is 24.1 Å². The van der Waals surface area contributed by atoms with Gasteiger partial charge < -0.3 is 10.4 Å². The summed E-state index contributed by atoms with van der Waals surface area (Å²) in [5.41, 5.74) is -0.519. The molecule has 4 heteroatoms. The second-order valence-corrected chi connectivity index (χ2v) is 3.53. The lowest BCUT2D eigenvalue weighted by Gasteiger charge is -2.27. The van der Waals surface area contributed by atoms with E-state index < -0.39 is 11.4 Å². The van der Waals surface area contributed by atoms with Crippen LogP contribution in [-0.4, -0.2) is 22.2 Å². The Morgan fingerprint density at radius 1 is 1.64 bits per heavy atom. The molecule has 0 aromatic carbocycles. The molecule has 0 saturated carbocycles. The summed E-state index contributed by atoms with van der Waals surface area (Å²) in [5.74, 6) is -0.216. The smallest absolute Gasteiger partial charge is 0.165 e. The van der Waals surface area contributed by atoms with E-state index in [4.69, 9.17) is 5.11 Å². The molecule has 0 aliphatic carbocycles. The maximum Gasteiger partial charge on any atom is 0.165 e. The Labute approximate surface area is 83.0 Å². The van der Waals surface area contributed by atoms with Crippen LogP contribution in [0.25, 0.3) is 0 Å². The van der Waals surface area contributed by atoms with Gasteiger partial charge in [0.25, 0.3) is 0 Å². The second kappa shape index (κ2) is 4.37.